The number of amides is 1. The average molecular weight is 297 g/mol. The number of halogens is 1. The number of nitro groups is 1. The highest BCUT2D eigenvalue weighted by Crippen LogP contribution is 2.33. The molecule has 2 atom stereocenters. The summed E-state index contributed by atoms with van der Waals surface area (Å²) in [6, 6.07) is 4.69. The summed E-state index contributed by atoms with van der Waals surface area (Å²) >= 11 is 6.03. The predicted molar refractivity (Wildman–Crippen MR) is 77.1 cm³/mol. The van der Waals surface area contributed by atoms with Gasteiger partial charge in [-0.05, 0) is 32.3 Å². The van der Waals surface area contributed by atoms with E-state index in [9.17, 15) is 14.9 Å². The largest absolute Gasteiger partial charge is 0.333 e. The number of nitrogens with zero attached hydrogens (tertiary/aromatic N) is 2. The number of hydrogen-bond donors (Lipinski definition) is 0. The third-order valence-corrected chi connectivity index (χ3v) is 4.29. The molecule has 1 saturated heterocycles. The van der Waals surface area contributed by atoms with Crippen molar-refractivity contribution in [1.29, 1.82) is 0 Å². The van der Waals surface area contributed by atoms with Crippen molar-refractivity contribution in [2.75, 3.05) is 0 Å². The number of hydrogen-bond acceptors (Lipinski definition) is 3. The molecule has 20 heavy (non-hydrogen) atoms. The third-order valence-electron chi connectivity index (χ3n) is 3.90. The standard InChI is InChI=1S/C14H17ClN2O3/c1-3-10-8-7-9(2)16(10)14(18)11-5-4-6-12(13(11)15)17(19)20/h4-6,9-10H,3,7-8H2,1-2H3. The molecule has 1 heterocycles. The fourth-order valence-corrected chi connectivity index (χ4v) is 3.08. The molecule has 0 radical (unpaired) electrons. The molecular weight excluding hydrogens is 280 g/mol. The van der Waals surface area contributed by atoms with Crippen LogP contribution in [0.5, 0.6) is 0 Å². The summed E-state index contributed by atoms with van der Waals surface area (Å²) in [7, 11) is 0. The second kappa shape index (κ2) is 5.79. The lowest BCUT2D eigenvalue weighted by Gasteiger charge is -2.28. The minimum absolute atomic E-state index is 0.0727. The van der Waals surface area contributed by atoms with Crippen LogP contribution in [0.15, 0.2) is 18.2 Å². The van der Waals surface area contributed by atoms with Crippen molar-refractivity contribution < 1.29 is 9.72 Å². The predicted octanol–water partition coefficient (Wildman–Crippen LogP) is 3.65. The van der Waals surface area contributed by atoms with Gasteiger partial charge in [0.25, 0.3) is 11.6 Å². The molecule has 0 spiro atoms. The highest BCUT2D eigenvalue weighted by molar-refractivity contribution is 6.35. The highest BCUT2D eigenvalue weighted by atomic mass is 35.5. The molecular formula is C14H17ClN2O3. The van der Waals surface area contributed by atoms with Gasteiger partial charge in [-0.15, -0.1) is 0 Å². The third kappa shape index (κ3) is 2.50. The van der Waals surface area contributed by atoms with E-state index in [4.69, 9.17) is 11.6 Å². The molecule has 1 aliphatic heterocycles. The van der Waals surface area contributed by atoms with Gasteiger partial charge in [-0.25, -0.2) is 0 Å². The van der Waals surface area contributed by atoms with Crippen LogP contribution in [0.4, 0.5) is 5.69 Å². The lowest BCUT2D eigenvalue weighted by molar-refractivity contribution is -0.384. The first-order chi connectivity index (χ1) is 9.47. The van der Waals surface area contributed by atoms with Crippen LogP contribution in [0.25, 0.3) is 0 Å². The fourth-order valence-electron chi connectivity index (χ4n) is 2.80. The van der Waals surface area contributed by atoms with Crippen LogP contribution in [0.1, 0.15) is 43.5 Å². The zero-order valence-electron chi connectivity index (χ0n) is 11.5. The molecule has 108 valence electrons. The Balaban J connectivity index is 2.39. The zero-order valence-corrected chi connectivity index (χ0v) is 12.3. The molecule has 0 aromatic heterocycles. The molecule has 6 heteroatoms. The minimum Gasteiger partial charge on any atom is -0.333 e. The Labute approximate surface area is 122 Å². The molecule has 0 saturated carbocycles. The maximum Gasteiger partial charge on any atom is 0.288 e. The normalized spacial score (nSPS) is 22.1. The van der Waals surface area contributed by atoms with Crippen LogP contribution < -0.4 is 0 Å². The molecule has 2 unspecified atom stereocenters. The average Bonchev–Trinajstić information content (AvgIpc) is 2.79. The van der Waals surface area contributed by atoms with Crippen LogP contribution in [0.3, 0.4) is 0 Å². The molecule has 1 aromatic rings. The summed E-state index contributed by atoms with van der Waals surface area (Å²) in [4.78, 5) is 24.8. The molecule has 1 amide bonds. The van der Waals surface area contributed by atoms with Crippen molar-refractivity contribution in [3.63, 3.8) is 0 Å². The number of nitro benzene ring substituents is 1. The van der Waals surface area contributed by atoms with Crippen molar-refractivity contribution in [2.45, 2.75) is 45.2 Å². The maximum atomic E-state index is 12.6. The van der Waals surface area contributed by atoms with E-state index in [1.54, 1.807) is 6.07 Å². The molecule has 1 aliphatic rings. The number of benzene rings is 1. The summed E-state index contributed by atoms with van der Waals surface area (Å²) in [5.74, 6) is -0.212. The first-order valence-corrected chi connectivity index (χ1v) is 7.10. The van der Waals surface area contributed by atoms with E-state index in [-0.39, 0.29) is 34.3 Å². The van der Waals surface area contributed by atoms with Crippen LogP contribution in [0, 0.1) is 10.1 Å². The van der Waals surface area contributed by atoms with Crippen LogP contribution in [-0.4, -0.2) is 27.8 Å². The Kier molecular flexibility index (Phi) is 4.28. The highest BCUT2D eigenvalue weighted by Gasteiger charge is 2.35. The van der Waals surface area contributed by atoms with E-state index >= 15 is 0 Å². The lowest BCUT2D eigenvalue weighted by Crippen LogP contribution is -2.39. The smallest absolute Gasteiger partial charge is 0.288 e. The molecule has 0 N–H and O–H groups in total. The SMILES string of the molecule is CCC1CCC(C)N1C(=O)c1cccc([N+](=O)[O-])c1Cl. The monoisotopic (exact) mass is 296 g/mol. The van der Waals surface area contributed by atoms with Crippen molar-refractivity contribution in [1.82, 2.24) is 4.90 Å². The lowest BCUT2D eigenvalue weighted by atomic mass is 10.1. The van der Waals surface area contributed by atoms with Crippen LogP contribution in [-0.2, 0) is 0 Å². The van der Waals surface area contributed by atoms with Gasteiger partial charge in [-0.3, -0.25) is 14.9 Å². The summed E-state index contributed by atoms with van der Waals surface area (Å²) < 4.78 is 0. The molecule has 2 rings (SSSR count). The molecule has 0 aliphatic carbocycles. The van der Waals surface area contributed by atoms with Gasteiger partial charge in [0.05, 0.1) is 10.5 Å². The Hall–Kier alpha value is -1.62. The summed E-state index contributed by atoms with van der Waals surface area (Å²) in [6.07, 6.45) is 2.80. The Morgan fingerprint density at radius 3 is 2.80 bits per heavy atom. The van der Waals surface area contributed by atoms with Gasteiger partial charge >= 0.3 is 0 Å². The molecule has 0 bridgehead atoms. The first-order valence-electron chi connectivity index (χ1n) is 6.73. The topological polar surface area (TPSA) is 63.5 Å². The van der Waals surface area contributed by atoms with E-state index in [2.05, 4.69) is 0 Å². The van der Waals surface area contributed by atoms with Crippen molar-refractivity contribution >= 4 is 23.2 Å². The summed E-state index contributed by atoms with van der Waals surface area (Å²) in [6.45, 7) is 4.04. The van der Waals surface area contributed by atoms with Gasteiger partial charge in [0, 0.05) is 18.2 Å². The quantitative estimate of drug-likeness (QED) is 0.632. The van der Waals surface area contributed by atoms with Crippen molar-refractivity contribution in [2.24, 2.45) is 0 Å². The molecule has 5 nitrogen and oxygen atoms in total. The number of carbonyl (C=O) groups excluding carboxylic acids is 1. The van der Waals surface area contributed by atoms with E-state index in [1.807, 2.05) is 18.7 Å². The van der Waals surface area contributed by atoms with Crippen molar-refractivity contribution in [3.05, 3.63) is 38.9 Å². The second-order valence-corrected chi connectivity index (χ2v) is 5.47. The van der Waals surface area contributed by atoms with E-state index in [1.165, 1.54) is 12.1 Å². The zero-order chi connectivity index (χ0) is 14.9. The molecule has 1 fully saturated rings. The summed E-state index contributed by atoms with van der Waals surface area (Å²) in [5, 5.41) is 10.8. The fraction of sp³-hybridized carbons (Fsp3) is 0.500. The number of rotatable bonds is 3. The van der Waals surface area contributed by atoms with E-state index in [0.717, 1.165) is 19.3 Å². The number of likely N-dealkylation sites (tertiary alicyclic amines) is 1. The van der Waals surface area contributed by atoms with Gasteiger partial charge in [0.1, 0.15) is 5.02 Å². The first kappa shape index (κ1) is 14.8. The van der Waals surface area contributed by atoms with Gasteiger partial charge in [0.15, 0.2) is 0 Å². The van der Waals surface area contributed by atoms with Crippen LogP contribution in [0.2, 0.25) is 5.02 Å². The van der Waals surface area contributed by atoms with Gasteiger partial charge < -0.3 is 4.90 Å². The Bertz CT molecular complexity index is 547. The Morgan fingerprint density at radius 1 is 1.50 bits per heavy atom. The van der Waals surface area contributed by atoms with Gasteiger partial charge in [-0.1, -0.05) is 24.6 Å². The van der Waals surface area contributed by atoms with E-state index < -0.39 is 4.92 Å². The number of carbonyl (C=O) groups is 1. The minimum atomic E-state index is -0.566. The van der Waals surface area contributed by atoms with Gasteiger partial charge in [0.2, 0.25) is 0 Å². The molecule has 1 aromatic carbocycles. The van der Waals surface area contributed by atoms with Crippen molar-refractivity contribution in [3.8, 4) is 0 Å². The second-order valence-electron chi connectivity index (χ2n) is 5.10. The van der Waals surface area contributed by atoms with Gasteiger partial charge in [-0.2, -0.15) is 0 Å². The van der Waals surface area contributed by atoms with E-state index in [0.29, 0.717) is 0 Å². The summed E-state index contributed by atoms with van der Waals surface area (Å²) in [5.41, 5.74) is -0.00881. The Morgan fingerprint density at radius 2 is 2.20 bits per heavy atom. The maximum absolute atomic E-state index is 12.6. The van der Waals surface area contributed by atoms with Crippen LogP contribution >= 0.6 is 11.6 Å².